The van der Waals surface area contributed by atoms with Crippen molar-refractivity contribution in [2.24, 2.45) is 0 Å². The average molecular weight is 463 g/mol. The average Bonchev–Trinajstić information content (AvgIpc) is 2.71. The summed E-state index contributed by atoms with van der Waals surface area (Å²) in [6, 6.07) is 18.1. The van der Waals surface area contributed by atoms with Crippen molar-refractivity contribution in [2.45, 2.75) is 20.8 Å². The molecule has 0 aliphatic heterocycles. The van der Waals surface area contributed by atoms with Crippen molar-refractivity contribution in [3.63, 3.8) is 0 Å². The summed E-state index contributed by atoms with van der Waals surface area (Å²) >= 11 is 3.35. The van der Waals surface area contributed by atoms with E-state index in [0.29, 0.717) is 22.1 Å². The molecule has 0 aliphatic carbocycles. The minimum absolute atomic E-state index is 0.110. The van der Waals surface area contributed by atoms with E-state index in [1.165, 1.54) is 0 Å². The van der Waals surface area contributed by atoms with Gasteiger partial charge in [-0.05, 0) is 56.2 Å². The standard InChI is InChI=1S/C25H19BrO4/c1-14-7-9-17(10-8-14)23-24(30-25(28)18-5-4-6-19(26)13-18)21(27)20-12-15(2)11-16(3)22(20)29-23/h4-13H,1-3H3. The summed E-state index contributed by atoms with van der Waals surface area (Å²) in [4.78, 5) is 26.2. The van der Waals surface area contributed by atoms with Crippen LogP contribution in [-0.2, 0) is 0 Å². The van der Waals surface area contributed by atoms with Crippen LogP contribution in [0.4, 0.5) is 0 Å². The molecular weight excluding hydrogens is 444 g/mol. The van der Waals surface area contributed by atoms with E-state index in [1.807, 2.05) is 57.2 Å². The number of halogens is 1. The SMILES string of the molecule is Cc1ccc(-c2oc3c(C)cc(C)cc3c(=O)c2OC(=O)c2cccc(Br)c2)cc1. The molecule has 0 unspecified atom stereocenters. The fourth-order valence-electron chi connectivity index (χ4n) is 3.39. The summed E-state index contributed by atoms with van der Waals surface area (Å²) in [5.41, 5.74) is 3.96. The summed E-state index contributed by atoms with van der Waals surface area (Å²) in [6.45, 7) is 5.78. The summed E-state index contributed by atoms with van der Waals surface area (Å²) in [5.74, 6) is -0.496. The molecule has 4 nitrogen and oxygen atoms in total. The Morgan fingerprint density at radius 1 is 0.933 bits per heavy atom. The first-order valence-corrected chi connectivity index (χ1v) is 10.3. The van der Waals surface area contributed by atoms with E-state index in [2.05, 4.69) is 15.9 Å². The Bertz CT molecular complexity index is 1330. The molecule has 0 amide bonds. The molecule has 0 saturated carbocycles. The lowest BCUT2D eigenvalue weighted by Crippen LogP contribution is -2.16. The number of esters is 1. The van der Waals surface area contributed by atoms with Crippen molar-refractivity contribution in [1.29, 1.82) is 0 Å². The van der Waals surface area contributed by atoms with Crippen LogP contribution in [0, 0.1) is 20.8 Å². The summed E-state index contributed by atoms with van der Waals surface area (Å²) in [6.07, 6.45) is 0. The molecule has 150 valence electrons. The van der Waals surface area contributed by atoms with Crippen molar-refractivity contribution in [3.8, 4) is 17.1 Å². The number of hydrogen-bond acceptors (Lipinski definition) is 4. The molecule has 4 rings (SSSR count). The molecule has 0 aliphatic rings. The minimum Gasteiger partial charge on any atom is -0.452 e. The summed E-state index contributed by atoms with van der Waals surface area (Å²) in [5, 5.41) is 0.389. The van der Waals surface area contributed by atoms with Gasteiger partial charge in [0, 0.05) is 10.0 Å². The zero-order valence-electron chi connectivity index (χ0n) is 16.8. The van der Waals surface area contributed by atoms with E-state index in [0.717, 1.165) is 21.2 Å². The summed E-state index contributed by atoms with van der Waals surface area (Å²) < 4.78 is 12.5. The monoisotopic (exact) mass is 462 g/mol. The highest BCUT2D eigenvalue weighted by molar-refractivity contribution is 9.10. The molecule has 0 N–H and O–H groups in total. The third-order valence-corrected chi connectivity index (χ3v) is 5.34. The predicted molar refractivity (Wildman–Crippen MR) is 121 cm³/mol. The topological polar surface area (TPSA) is 56.5 Å². The Kier molecular flexibility index (Phi) is 5.31. The number of aryl methyl sites for hydroxylation is 3. The van der Waals surface area contributed by atoms with Crippen molar-refractivity contribution >= 4 is 32.9 Å². The van der Waals surface area contributed by atoms with Gasteiger partial charge in [0.2, 0.25) is 11.2 Å². The fraction of sp³-hybridized carbons (Fsp3) is 0.120. The lowest BCUT2D eigenvalue weighted by atomic mass is 10.0. The molecule has 0 saturated heterocycles. The number of rotatable bonds is 3. The normalized spacial score (nSPS) is 10.9. The number of ether oxygens (including phenoxy) is 1. The molecule has 1 aromatic heterocycles. The van der Waals surface area contributed by atoms with Crippen LogP contribution >= 0.6 is 15.9 Å². The predicted octanol–water partition coefficient (Wildman–Crippen LogP) is 6.37. The second-order valence-electron chi connectivity index (χ2n) is 7.31. The number of fused-ring (bicyclic) bond motifs is 1. The fourth-order valence-corrected chi connectivity index (χ4v) is 3.79. The quantitative estimate of drug-likeness (QED) is 0.332. The first-order valence-electron chi connectivity index (χ1n) is 9.46. The maximum atomic E-state index is 13.4. The van der Waals surface area contributed by atoms with E-state index >= 15 is 0 Å². The molecule has 3 aromatic carbocycles. The number of carbonyl (C=O) groups excluding carboxylic acids is 1. The van der Waals surface area contributed by atoms with Gasteiger partial charge in [-0.25, -0.2) is 4.79 Å². The van der Waals surface area contributed by atoms with Gasteiger partial charge >= 0.3 is 5.97 Å². The highest BCUT2D eigenvalue weighted by Crippen LogP contribution is 2.33. The molecule has 4 aromatic rings. The van der Waals surface area contributed by atoms with Gasteiger partial charge < -0.3 is 9.15 Å². The van der Waals surface area contributed by atoms with Gasteiger partial charge in [0.1, 0.15) is 5.58 Å². The van der Waals surface area contributed by atoms with Crippen LogP contribution in [0.25, 0.3) is 22.3 Å². The molecule has 0 fully saturated rings. The van der Waals surface area contributed by atoms with E-state index in [9.17, 15) is 9.59 Å². The van der Waals surface area contributed by atoms with Crippen molar-refractivity contribution in [2.75, 3.05) is 0 Å². The first kappa shape index (κ1) is 20.1. The van der Waals surface area contributed by atoms with Crippen LogP contribution < -0.4 is 10.2 Å². The number of carbonyl (C=O) groups is 1. The lowest BCUT2D eigenvalue weighted by molar-refractivity contribution is 0.0731. The number of hydrogen-bond donors (Lipinski definition) is 0. The minimum atomic E-state index is -0.624. The van der Waals surface area contributed by atoms with Crippen LogP contribution in [-0.4, -0.2) is 5.97 Å². The second-order valence-corrected chi connectivity index (χ2v) is 8.23. The van der Waals surface area contributed by atoms with E-state index in [4.69, 9.17) is 9.15 Å². The van der Waals surface area contributed by atoms with Gasteiger partial charge in [-0.15, -0.1) is 0 Å². The Morgan fingerprint density at radius 3 is 2.37 bits per heavy atom. The van der Waals surface area contributed by atoms with Crippen molar-refractivity contribution in [1.82, 2.24) is 0 Å². The van der Waals surface area contributed by atoms with Crippen molar-refractivity contribution in [3.05, 3.63) is 97.6 Å². The Labute approximate surface area is 182 Å². The van der Waals surface area contributed by atoms with Gasteiger partial charge in [0.05, 0.1) is 10.9 Å². The Hall–Kier alpha value is -3.18. The first-order chi connectivity index (χ1) is 14.3. The highest BCUT2D eigenvalue weighted by atomic mass is 79.9. The second kappa shape index (κ2) is 7.92. The third-order valence-electron chi connectivity index (χ3n) is 4.85. The van der Waals surface area contributed by atoms with Crippen LogP contribution in [0.1, 0.15) is 27.0 Å². The van der Waals surface area contributed by atoms with Crippen LogP contribution in [0.3, 0.4) is 0 Å². The maximum Gasteiger partial charge on any atom is 0.343 e. The largest absolute Gasteiger partial charge is 0.452 e. The van der Waals surface area contributed by atoms with E-state index < -0.39 is 5.97 Å². The van der Waals surface area contributed by atoms with Gasteiger partial charge in [0.15, 0.2) is 5.76 Å². The van der Waals surface area contributed by atoms with Gasteiger partial charge in [0.25, 0.3) is 0 Å². The molecule has 0 spiro atoms. The lowest BCUT2D eigenvalue weighted by Gasteiger charge is -2.12. The van der Waals surface area contributed by atoms with Gasteiger partial charge in [-0.1, -0.05) is 57.9 Å². The Morgan fingerprint density at radius 2 is 1.67 bits per heavy atom. The smallest absolute Gasteiger partial charge is 0.343 e. The number of benzene rings is 3. The van der Waals surface area contributed by atoms with E-state index in [-0.39, 0.29) is 16.9 Å². The highest BCUT2D eigenvalue weighted by Gasteiger charge is 2.22. The van der Waals surface area contributed by atoms with Gasteiger partial charge in [-0.3, -0.25) is 4.79 Å². The van der Waals surface area contributed by atoms with Crippen LogP contribution in [0.5, 0.6) is 5.75 Å². The third kappa shape index (κ3) is 3.81. The molecule has 0 bridgehead atoms. The van der Waals surface area contributed by atoms with Crippen LogP contribution in [0.2, 0.25) is 0 Å². The molecule has 0 atom stereocenters. The van der Waals surface area contributed by atoms with Crippen molar-refractivity contribution < 1.29 is 13.9 Å². The Balaban J connectivity index is 1.94. The summed E-state index contributed by atoms with van der Waals surface area (Å²) in [7, 11) is 0. The molecule has 1 heterocycles. The molecule has 0 radical (unpaired) electrons. The van der Waals surface area contributed by atoms with Gasteiger partial charge in [-0.2, -0.15) is 0 Å². The maximum absolute atomic E-state index is 13.4. The zero-order valence-corrected chi connectivity index (χ0v) is 18.4. The molecular formula is C25H19BrO4. The molecule has 30 heavy (non-hydrogen) atoms. The molecule has 5 heteroatoms. The van der Waals surface area contributed by atoms with E-state index in [1.54, 1.807) is 24.3 Å². The zero-order chi connectivity index (χ0) is 21.4. The van der Waals surface area contributed by atoms with Crippen LogP contribution in [0.15, 0.2) is 74.3 Å².